The van der Waals surface area contributed by atoms with Crippen LogP contribution in [-0.4, -0.2) is 57.7 Å². The molecule has 0 saturated carbocycles. The molecule has 0 spiro atoms. The molecule has 0 N–H and O–H groups in total. The topological polar surface area (TPSA) is 118 Å². The standard InChI is InChI=1S/C29H53NO6.Mg/c1-3-5-7-9-11-13-15-17-19-21-26(31)30(25(29(35)36)23-24-28(33)34)27(32)22-20-18-16-14-12-10-8-6-4-2;/h25H,3-24H2,1-2H3,(H,33,34)(H,35,36);/q;+2/p-2/t25-;/m0./s1. The minimum Gasteiger partial charge on any atom is -0.550 e. The number of amides is 2. The van der Waals surface area contributed by atoms with E-state index in [0.29, 0.717) is 12.8 Å². The zero-order chi connectivity index (χ0) is 27.0. The van der Waals surface area contributed by atoms with Crippen molar-refractivity contribution < 1.29 is 29.4 Å². The summed E-state index contributed by atoms with van der Waals surface area (Å²) >= 11 is 0. The van der Waals surface area contributed by atoms with Crippen LogP contribution in [0.25, 0.3) is 0 Å². The van der Waals surface area contributed by atoms with E-state index in [0.717, 1.165) is 43.4 Å². The molecule has 1 atom stereocenters. The van der Waals surface area contributed by atoms with Crippen LogP contribution in [0.3, 0.4) is 0 Å². The van der Waals surface area contributed by atoms with Gasteiger partial charge in [-0.1, -0.05) is 117 Å². The third kappa shape index (κ3) is 21.5. The van der Waals surface area contributed by atoms with Crippen LogP contribution in [0.2, 0.25) is 0 Å². The van der Waals surface area contributed by atoms with E-state index in [-0.39, 0.29) is 35.9 Å². The van der Waals surface area contributed by atoms with E-state index in [1.54, 1.807) is 0 Å². The normalized spacial score (nSPS) is 11.5. The summed E-state index contributed by atoms with van der Waals surface area (Å²) in [5.74, 6) is -4.12. The number of hydrogen-bond donors (Lipinski definition) is 0. The maximum Gasteiger partial charge on any atom is 2.00 e. The van der Waals surface area contributed by atoms with Crippen LogP contribution in [0.5, 0.6) is 0 Å². The summed E-state index contributed by atoms with van der Waals surface area (Å²) in [5.41, 5.74) is 0. The smallest absolute Gasteiger partial charge is 0.550 e. The number of unbranched alkanes of at least 4 members (excludes halogenated alkanes) is 16. The van der Waals surface area contributed by atoms with Gasteiger partial charge in [0.05, 0.1) is 12.0 Å². The molecule has 0 aliphatic carbocycles. The second-order valence-electron chi connectivity index (χ2n) is 10.1. The average molecular weight is 534 g/mol. The van der Waals surface area contributed by atoms with Crippen molar-refractivity contribution in [2.45, 2.75) is 161 Å². The molecule has 0 radical (unpaired) electrons. The summed E-state index contributed by atoms with van der Waals surface area (Å²) in [4.78, 5) is 49.2. The summed E-state index contributed by atoms with van der Waals surface area (Å²) in [5, 5.41) is 22.6. The molecule has 2 amide bonds. The Morgan fingerprint density at radius 2 is 0.865 bits per heavy atom. The second kappa shape index (κ2) is 26.5. The van der Waals surface area contributed by atoms with Gasteiger partial charge in [-0.05, 0) is 25.7 Å². The number of hydrogen-bond acceptors (Lipinski definition) is 6. The Balaban J connectivity index is 0. The van der Waals surface area contributed by atoms with Crippen molar-refractivity contribution >= 4 is 46.8 Å². The third-order valence-corrected chi connectivity index (χ3v) is 6.73. The van der Waals surface area contributed by atoms with Gasteiger partial charge < -0.3 is 19.8 Å². The van der Waals surface area contributed by atoms with Crippen molar-refractivity contribution in [3.8, 4) is 0 Å². The number of rotatable bonds is 25. The van der Waals surface area contributed by atoms with Gasteiger partial charge in [0.15, 0.2) is 0 Å². The molecule has 0 heterocycles. The minimum atomic E-state index is -1.60. The number of carbonyl (C=O) groups is 4. The van der Waals surface area contributed by atoms with Gasteiger partial charge in [0.1, 0.15) is 0 Å². The van der Waals surface area contributed by atoms with E-state index >= 15 is 0 Å². The van der Waals surface area contributed by atoms with Crippen molar-refractivity contribution in [3.63, 3.8) is 0 Å². The molecule has 37 heavy (non-hydrogen) atoms. The van der Waals surface area contributed by atoms with Crippen LogP contribution in [0.15, 0.2) is 0 Å². The summed E-state index contributed by atoms with van der Waals surface area (Å²) in [6.45, 7) is 4.37. The molecule has 0 fully saturated rings. The van der Waals surface area contributed by atoms with Crippen molar-refractivity contribution in [1.29, 1.82) is 0 Å². The molecule has 0 unspecified atom stereocenters. The van der Waals surface area contributed by atoms with E-state index < -0.39 is 42.6 Å². The van der Waals surface area contributed by atoms with Crippen molar-refractivity contribution in [2.75, 3.05) is 0 Å². The Hall–Kier alpha value is -1.15. The number of aliphatic carboxylic acids is 2. The number of carboxylic acids is 2. The summed E-state index contributed by atoms with van der Waals surface area (Å²) in [6, 6.07) is -1.57. The Bertz CT molecular complexity index is 579. The number of carbonyl (C=O) groups excluding carboxylic acids is 4. The predicted molar refractivity (Wildman–Crippen MR) is 144 cm³/mol. The molecule has 0 aromatic carbocycles. The van der Waals surface area contributed by atoms with Crippen molar-refractivity contribution in [2.24, 2.45) is 0 Å². The molecule has 7 nitrogen and oxygen atoms in total. The van der Waals surface area contributed by atoms with Crippen LogP contribution < -0.4 is 10.2 Å². The van der Waals surface area contributed by atoms with Gasteiger partial charge in [0.2, 0.25) is 11.8 Å². The number of nitrogens with zero attached hydrogens (tertiary/aromatic N) is 1. The molecule has 0 aromatic heterocycles. The zero-order valence-corrected chi connectivity index (χ0v) is 25.2. The molecule has 0 bridgehead atoms. The number of carboxylic acid groups (broad SMARTS) is 2. The molecular weight excluding hydrogens is 483 g/mol. The van der Waals surface area contributed by atoms with Gasteiger partial charge in [0, 0.05) is 18.8 Å². The van der Waals surface area contributed by atoms with E-state index in [9.17, 15) is 29.4 Å². The fraction of sp³-hybridized carbons (Fsp3) is 0.862. The SMILES string of the molecule is CCCCCCCCCCCC(=O)N(C(=O)CCCCCCCCCCC)[C@@H](CCC(=O)[O-])C(=O)[O-].[Mg+2]. The first kappa shape index (κ1) is 38.0. The maximum atomic E-state index is 12.9. The van der Waals surface area contributed by atoms with Crippen molar-refractivity contribution in [3.05, 3.63) is 0 Å². The summed E-state index contributed by atoms with van der Waals surface area (Å²) in [6.07, 6.45) is 18.5. The molecular formula is C29H51MgNO6. The van der Waals surface area contributed by atoms with Crippen LogP contribution in [0, 0.1) is 0 Å². The summed E-state index contributed by atoms with van der Waals surface area (Å²) < 4.78 is 0. The summed E-state index contributed by atoms with van der Waals surface area (Å²) in [7, 11) is 0. The van der Waals surface area contributed by atoms with Crippen molar-refractivity contribution in [1.82, 2.24) is 4.90 Å². The second-order valence-corrected chi connectivity index (χ2v) is 10.1. The van der Waals surface area contributed by atoms with Crippen LogP contribution in [-0.2, 0) is 19.2 Å². The van der Waals surface area contributed by atoms with E-state index in [1.165, 1.54) is 64.2 Å². The minimum absolute atomic E-state index is 0. The van der Waals surface area contributed by atoms with Gasteiger partial charge >= 0.3 is 23.1 Å². The monoisotopic (exact) mass is 533 g/mol. The van der Waals surface area contributed by atoms with Crippen LogP contribution in [0.4, 0.5) is 0 Å². The number of imide groups is 1. The maximum absolute atomic E-state index is 12.9. The molecule has 0 aliphatic heterocycles. The quantitative estimate of drug-likeness (QED) is 0.126. The fourth-order valence-corrected chi connectivity index (χ4v) is 4.51. The van der Waals surface area contributed by atoms with Crippen LogP contribution >= 0.6 is 0 Å². The Morgan fingerprint density at radius 1 is 0.541 bits per heavy atom. The first-order valence-corrected chi connectivity index (χ1v) is 14.6. The Kier molecular flexibility index (Phi) is 27.2. The van der Waals surface area contributed by atoms with E-state index in [1.807, 2.05) is 0 Å². The van der Waals surface area contributed by atoms with Gasteiger partial charge in [-0.3, -0.25) is 14.5 Å². The Morgan fingerprint density at radius 3 is 1.16 bits per heavy atom. The molecule has 8 heteroatoms. The molecule has 0 saturated heterocycles. The predicted octanol–water partition coefficient (Wildman–Crippen LogP) is 4.45. The Labute approximate surface area is 241 Å². The molecule has 0 rings (SSSR count). The van der Waals surface area contributed by atoms with E-state index in [4.69, 9.17) is 0 Å². The zero-order valence-electron chi connectivity index (χ0n) is 23.7. The molecule has 0 aromatic rings. The first-order valence-electron chi connectivity index (χ1n) is 14.6. The van der Waals surface area contributed by atoms with Gasteiger partial charge in [-0.15, -0.1) is 0 Å². The first-order chi connectivity index (χ1) is 17.3. The largest absolute Gasteiger partial charge is 2.00 e. The molecule has 210 valence electrons. The van der Waals surface area contributed by atoms with E-state index in [2.05, 4.69) is 13.8 Å². The van der Waals surface area contributed by atoms with Crippen LogP contribution in [0.1, 0.15) is 155 Å². The van der Waals surface area contributed by atoms with Gasteiger partial charge in [-0.25, -0.2) is 0 Å². The third-order valence-electron chi connectivity index (χ3n) is 6.73. The fourth-order valence-electron chi connectivity index (χ4n) is 4.51. The molecule has 0 aliphatic rings. The van der Waals surface area contributed by atoms with Gasteiger partial charge in [0.25, 0.3) is 0 Å². The average Bonchev–Trinajstić information content (AvgIpc) is 2.83. The van der Waals surface area contributed by atoms with Gasteiger partial charge in [-0.2, -0.15) is 0 Å².